The molecule has 0 radical (unpaired) electrons. The molecule has 2 rings (SSSR count). The van der Waals surface area contributed by atoms with Crippen LogP contribution in [0.2, 0.25) is 0 Å². The van der Waals surface area contributed by atoms with Crippen molar-refractivity contribution >= 4 is 5.97 Å². The van der Waals surface area contributed by atoms with Crippen LogP contribution in [0.15, 0.2) is 35.3 Å². The van der Waals surface area contributed by atoms with E-state index in [1.807, 2.05) is 19.1 Å². The molecule has 0 fully saturated rings. The van der Waals surface area contributed by atoms with Crippen LogP contribution in [-0.4, -0.2) is 20.6 Å². The minimum Gasteiger partial charge on any atom is -0.478 e. The highest BCUT2D eigenvalue weighted by molar-refractivity contribution is 5.94. The van der Waals surface area contributed by atoms with Gasteiger partial charge in [-0.2, -0.15) is 4.98 Å². The number of hydrogen-bond acceptors (Lipinski definition) is 3. The predicted octanol–water partition coefficient (Wildman–Crippen LogP) is 1.45. The number of hydrogen-bond donors (Lipinski definition) is 1. The minimum absolute atomic E-state index is 0.0198. The summed E-state index contributed by atoms with van der Waals surface area (Å²) in [6.45, 7) is 1.85. The highest BCUT2D eigenvalue weighted by Crippen LogP contribution is 2.23. The van der Waals surface area contributed by atoms with Crippen LogP contribution in [0.25, 0.3) is 11.3 Å². The second-order valence-corrected chi connectivity index (χ2v) is 4.02. The fourth-order valence-corrected chi connectivity index (χ4v) is 1.75. The number of benzene rings is 1. The highest BCUT2D eigenvalue weighted by Gasteiger charge is 2.16. The van der Waals surface area contributed by atoms with E-state index in [1.54, 1.807) is 12.1 Å². The maximum Gasteiger partial charge on any atom is 0.347 e. The lowest BCUT2D eigenvalue weighted by Crippen LogP contribution is -2.23. The van der Waals surface area contributed by atoms with Crippen LogP contribution in [0.1, 0.15) is 15.9 Å². The fraction of sp³-hybridized carbons (Fsp3) is 0.154. The van der Waals surface area contributed by atoms with Crippen molar-refractivity contribution in [1.82, 2.24) is 9.55 Å². The van der Waals surface area contributed by atoms with Gasteiger partial charge in [-0.1, -0.05) is 24.3 Å². The highest BCUT2D eigenvalue weighted by atomic mass is 16.4. The topological polar surface area (TPSA) is 72.2 Å². The summed E-state index contributed by atoms with van der Waals surface area (Å²) in [5, 5.41) is 9.18. The summed E-state index contributed by atoms with van der Waals surface area (Å²) < 4.78 is 1.16. The molecule has 0 bridgehead atoms. The Morgan fingerprint density at radius 2 is 2.00 bits per heavy atom. The average molecular weight is 244 g/mol. The van der Waals surface area contributed by atoms with Crippen molar-refractivity contribution in [2.45, 2.75) is 6.92 Å². The van der Waals surface area contributed by atoms with Crippen molar-refractivity contribution in [3.8, 4) is 11.3 Å². The van der Waals surface area contributed by atoms with Crippen molar-refractivity contribution < 1.29 is 9.90 Å². The Bertz CT molecular complexity index is 674. The SMILES string of the molecule is Cc1ccccc1-c1nc(=O)n(C)cc1C(=O)O. The molecule has 1 aromatic carbocycles. The molecule has 2 aromatic rings. The number of aromatic nitrogens is 2. The molecule has 1 heterocycles. The zero-order chi connectivity index (χ0) is 13.3. The molecule has 1 aromatic heterocycles. The summed E-state index contributed by atoms with van der Waals surface area (Å²) in [5.74, 6) is -1.10. The van der Waals surface area contributed by atoms with Crippen molar-refractivity contribution in [2.24, 2.45) is 7.05 Å². The van der Waals surface area contributed by atoms with Gasteiger partial charge in [0.05, 0.1) is 5.69 Å². The van der Waals surface area contributed by atoms with Gasteiger partial charge in [-0.15, -0.1) is 0 Å². The largest absolute Gasteiger partial charge is 0.478 e. The molecule has 0 atom stereocenters. The van der Waals surface area contributed by atoms with Gasteiger partial charge in [-0.3, -0.25) is 0 Å². The van der Waals surface area contributed by atoms with E-state index in [-0.39, 0.29) is 11.3 Å². The van der Waals surface area contributed by atoms with E-state index in [1.165, 1.54) is 13.2 Å². The third-order valence-electron chi connectivity index (χ3n) is 2.72. The molecular formula is C13H12N2O3. The third-order valence-corrected chi connectivity index (χ3v) is 2.72. The zero-order valence-electron chi connectivity index (χ0n) is 10.0. The quantitative estimate of drug-likeness (QED) is 0.867. The number of carboxylic acids is 1. The van der Waals surface area contributed by atoms with E-state index in [4.69, 9.17) is 0 Å². The van der Waals surface area contributed by atoms with Gasteiger partial charge < -0.3 is 9.67 Å². The Morgan fingerprint density at radius 1 is 1.33 bits per heavy atom. The van der Waals surface area contributed by atoms with E-state index < -0.39 is 11.7 Å². The first kappa shape index (κ1) is 12.0. The summed E-state index contributed by atoms with van der Waals surface area (Å²) in [4.78, 5) is 26.6. The number of aryl methyl sites for hydroxylation is 2. The molecule has 0 aliphatic rings. The number of carbonyl (C=O) groups is 1. The summed E-state index contributed by atoms with van der Waals surface area (Å²) in [6, 6.07) is 7.23. The van der Waals surface area contributed by atoms with E-state index >= 15 is 0 Å². The smallest absolute Gasteiger partial charge is 0.347 e. The molecule has 0 aliphatic heterocycles. The van der Waals surface area contributed by atoms with Crippen molar-refractivity contribution in [3.63, 3.8) is 0 Å². The zero-order valence-corrected chi connectivity index (χ0v) is 10.0. The van der Waals surface area contributed by atoms with Crippen LogP contribution in [0.4, 0.5) is 0 Å². The van der Waals surface area contributed by atoms with Gasteiger partial charge in [0.2, 0.25) is 0 Å². The van der Waals surface area contributed by atoms with Gasteiger partial charge in [0.15, 0.2) is 0 Å². The fourth-order valence-electron chi connectivity index (χ4n) is 1.75. The minimum atomic E-state index is -1.10. The molecule has 92 valence electrons. The Balaban J connectivity index is 2.78. The Labute approximate surface area is 103 Å². The molecule has 0 amide bonds. The normalized spacial score (nSPS) is 10.3. The maximum absolute atomic E-state index is 11.6. The van der Waals surface area contributed by atoms with Crippen molar-refractivity contribution in [1.29, 1.82) is 0 Å². The number of carboxylic acid groups (broad SMARTS) is 1. The first-order valence-corrected chi connectivity index (χ1v) is 5.37. The van der Waals surface area contributed by atoms with Gasteiger partial charge >= 0.3 is 11.7 Å². The van der Waals surface area contributed by atoms with Crippen LogP contribution in [0.3, 0.4) is 0 Å². The van der Waals surface area contributed by atoms with Gasteiger partial charge in [0.1, 0.15) is 5.56 Å². The monoisotopic (exact) mass is 244 g/mol. The number of rotatable bonds is 2. The molecule has 0 spiro atoms. The molecular weight excluding hydrogens is 232 g/mol. The first-order valence-electron chi connectivity index (χ1n) is 5.37. The van der Waals surface area contributed by atoms with Crippen LogP contribution >= 0.6 is 0 Å². The van der Waals surface area contributed by atoms with E-state index in [0.717, 1.165) is 10.1 Å². The lowest BCUT2D eigenvalue weighted by atomic mass is 10.0. The summed E-state index contributed by atoms with van der Waals surface area (Å²) >= 11 is 0. The van der Waals surface area contributed by atoms with Gasteiger partial charge in [0.25, 0.3) is 0 Å². The lowest BCUT2D eigenvalue weighted by molar-refractivity contribution is 0.0696. The summed E-state index contributed by atoms with van der Waals surface area (Å²) in [5.41, 5.74) is 1.29. The second-order valence-electron chi connectivity index (χ2n) is 4.02. The van der Waals surface area contributed by atoms with Crippen LogP contribution in [0, 0.1) is 6.92 Å². The van der Waals surface area contributed by atoms with E-state index in [0.29, 0.717) is 5.56 Å². The number of nitrogens with zero attached hydrogens (tertiary/aromatic N) is 2. The summed E-state index contributed by atoms with van der Waals surface area (Å²) in [6.07, 6.45) is 1.29. The third kappa shape index (κ3) is 2.02. The van der Waals surface area contributed by atoms with Gasteiger partial charge in [0, 0.05) is 18.8 Å². The average Bonchev–Trinajstić information content (AvgIpc) is 2.32. The van der Waals surface area contributed by atoms with Crippen molar-refractivity contribution in [3.05, 3.63) is 52.1 Å². The molecule has 5 nitrogen and oxygen atoms in total. The molecule has 1 N–H and O–H groups in total. The predicted molar refractivity (Wildman–Crippen MR) is 66.6 cm³/mol. The molecule has 0 saturated carbocycles. The lowest BCUT2D eigenvalue weighted by Gasteiger charge is -2.09. The Morgan fingerprint density at radius 3 is 2.61 bits per heavy atom. The molecule has 0 aliphatic carbocycles. The van der Waals surface area contributed by atoms with E-state index in [2.05, 4.69) is 4.98 Å². The second kappa shape index (κ2) is 4.44. The van der Waals surface area contributed by atoms with E-state index in [9.17, 15) is 14.7 Å². The number of aromatic carboxylic acids is 1. The Kier molecular flexibility index (Phi) is 2.97. The standard InChI is InChI=1S/C13H12N2O3/c1-8-5-3-4-6-9(8)11-10(12(16)17)7-15(2)13(18)14-11/h3-7H,1-2H3,(H,16,17). The van der Waals surface area contributed by atoms with Gasteiger partial charge in [-0.25, -0.2) is 9.59 Å². The summed E-state index contributed by atoms with van der Waals surface area (Å²) in [7, 11) is 1.48. The molecule has 0 saturated heterocycles. The van der Waals surface area contributed by atoms with Crippen molar-refractivity contribution in [2.75, 3.05) is 0 Å². The van der Waals surface area contributed by atoms with Crippen LogP contribution in [0.5, 0.6) is 0 Å². The maximum atomic E-state index is 11.6. The van der Waals surface area contributed by atoms with Crippen LogP contribution in [-0.2, 0) is 7.05 Å². The molecule has 5 heteroatoms. The molecule has 0 unspecified atom stereocenters. The van der Waals surface area contributed by atoms with Gasteiger partial charge in [-0.05, 0) is 12.5 Å². The first-order chi connectivity index (χ1) is 8.50. The molecule has 18 heavy (non-hydrogen) atoms. The Hall–Kier alpha value is -2.43. The van der Waals surface area contributed by atoms with Crippen LogP contribution < -0.4 is 5.69 Å².